The van der Waals surface area contributed by atoms with Gasteiger partial charge in [0.05, 0.1) is 12.2 Å². The van der Waals surface area contributed by atoms with Gasteiger partial charge in [-0.15, -0.1) is 0 Å². The van der Waals surface area contributed by atoms with Crippen molar-refractivity contribution in [1.29, 1.82) is 0 Å². The average Bonchev–Trinajstić information content (AvgIpc) is 3.05. The number of carbonyl (C=O) groups excluding carboxylic acids is 1. The lowest BCUT2D eigenvalue weighted by Gasteiger charge is -2.04. The van der Waals surface area contributed by atoms with E-state index in [4.69, 9.17) is 0 Å². The number of fused-ring (bicyclic) bond motifs is 1. The van der Waals surface area contributed by atoms with Gasteiger partial charge in [-0.25, -0.2) is 4.98 Å². The smallest absolute Gasteiger partial charge is 0.152 e. The molecule has 0 saturated carbocycles. The minimum absolute atomic E-state index is 0.341. The van der Waals surface area contributed by atoms with E-state index in [1.54, 1.807) is 6.20 Å². The van der Waals surface area contributed by atoms with Gasteiger partial charge < -0.3 is 4.57 Å². The predicted molar refractivity (Wildman–Crippen MR) is 76.8 cm³/mol. The highest BCUT2D eigenvalue weighted by molar-refractivity contribution is 5.95. The summed E-state index contributed by atoms with van der Waals surface area (Å²) in [4.78, 5) is 15.5. The quantitative estimate of drug-likeness (QED) is 0.683. The molecule has 0 aliphatic carbocycles. The zero-order valence-electron chi connectivity index (χ0n) is 11.5. The molecule has 3 rings (SSSR count). The summed E-state index contributed by atoms with van der Waals surface area (Å²) in [6.45, 7) is 4.79. The van der Waals surface area contributed by atoms with Crippen LogP contribution in [-0.4, -0.2) is 25.6 Å². The normalized spacial score (nSPS) is 11.3. The third-order valence-corrected chi connectivity index (χ3v) is 3.32. The minimum atomic E-state index is 0.341. The van der Waals surface area contributed by atoms with Crippen LogP contribution < -0.4 is 0 Å². The van der Waals surface area contributed by atoms with Crippen LogP contribution in [0, 0.1) is 0 Å². The molecule has 0 amide bonds. The average molecular weight is 268 g/mol. The standard InChI is InChI=1S/C15H16N4O/c1-11(2)19-7-5-13(17-19)9-18-8-12(10-20)14-4-3-6-16-15(14)18/h3-8,10-11H,9H2,1-2H3. The van der Waals surface area contributed by atoms with Crippen molar-refractivity contribution >= 4 is 17.3 Å². The van der Waals surface area contributed by atoms with Crippen molar-refractivity contribution in [3.63, 3.8) is 0 Å². The van der Waals surface area contributed by atoms with E-state index in [1.807, 2.05) is 39.8 Å². The van der Waals surface area contributed by atoms with Gasteiger partial charge in [0.25, 0.3) is 0 Å². The molecule has 0 fully saturated rings. The highest BCUT2D eigenvalue weighted by atomic mass is 16.1. The van der Waals surface area contributed by atoms with E-state index in [9.17, 15) is 4.79 Å². The van der Waals surface area contributed by atoms with Crippen LogP contribution in [0.4, 0.5) is 0 Å². The SMILES string of the molecule is CC(C)n1ccc(Cn2cc(C=O)c3cccnc32)n1. The Bertz CT molecular complexity index is 754. The summed E-state index contributed by atoms with van der Waals surface area (Å²) in [6, 6.07) is 6.09. The first kappa shape index (κ1) is 12.6. The van der Waals surface area contributed by atoms with E-state index in [2.05, 4.69) is 23.9 Å². The lowest BCUT2D eigenvalue weighted by atomic mass is 10.2. The summed E-state index contributed by atoms with van der Waals surface area (Å²) in [5, 5.41) is 5.41. The van der Waals surface area contributed by atoms with Gasteiger partial charge in [-0.3, -0.25) is 9.48 Å². The summed E-state index contributed by atoms with van der Waals surface area (Å²) in [6.07, 6.45) is 6.41. The number of aldehydes is 1. The molecule has 0 radical (unpaired) electrons. The second kappa shape index (κ2) is 4.92. The van der Waals surface area contributed by atoms with Crippen LogP contribution in [0.25, 0.3) is 11.0 Å². The first-order valence-electron chi connectivity index (χ1n) is 6.62. The predicted octanol–water partition coefficient (Wildman–Crippen LogP) is 2.67. The van der Waals surface area contributed by atoms with Crippen LogP contribution in [0.15, 0.2) is 36.8 Å². The Morgan fingerprint density at radius 1 is 1.35 bits per heavy atom. The molecule has 0 aromatic carbocycles. The van der Waals surface area contributed by atoms with E-state index in [-0.39, 0.29) is 0 Å². The maximum atomic E-state index is 11.1. The molecular weight excluding hydrogens is 252 g/mol. The van der Waals surface area contributed by atoms with Crippen LogP contribution in [0.1, 0.15) is 35.9 Å². The number of rotatable bonds is 4. The Balaban J connectivity index is 1.99. The molecule has 0 aliphatic rings. The van der Waals surface area contributed by atoms with Crippen LogP contribution in [0.3, 0.4) is 0 Å². The van der Waals surface area contributed by atoms with Crippen LogP contribution in [0.2, 0.25) is 0 Å². The molecular formula is C15H16N4O. The van der Waals surface area contributed by atoms with Gasteiger partial charge in [0.2, 0.25) is 0 Å². The van der Waals surface area contributed by atoms with Gasteiger partial charge >= 0.3 is 0 Å². The van der Waals surface area contributed by atoms with Gasteiger partial charge in [0.15, 0.2) is 6.29 Å². The Hall–Kier alpha value is -2.43. The molecule has 0 spiro atoms. The zero-order valence-corrected chi connectivity index (χ0v) is 11.5. The van der Waals surface area contributed by atoms with Crippen LogP contribution in [-0.2, 0) is 6.54 Å². The molecule has 0 aliphatic heterocycles. The Kier molecular flexibility index (Phi) is 3.10. The number of aromatic nitrogens is 4. The van der Waals surface area contributed by atoms with Crippen molar-refractivity contribution in [2.45, 2.75) is 26.4 Å². The number of hydrogen-bond donors (Lipinski definition) is 0. The molecule has 3 aromatic rings. The number of carbonyl (C=O) groups is 1. The van der Waals surface area contributed by atoms with Crippen molar-refractivity contribution < 1.29 is 4.79 Å². The zero-order chi connectivity index (χ0) is 14.1. The molecule has 102 valence electrons. The summed E-state index contributed by atoms with van der Waals surface area (Å²) in [7, 11) is 0. The Labute approximate surface area is 116 Å². The Morgan fingerprint density at radius 2 is 2.20 bits per heavy atom. The third kappa shape index (κ3) is 2.11. The van der Waals surface area contributed by atoms with E-state index in [0.29, 0.717) is 18.2 Å². The fourth-order valence-corrected chi connectivity index (χ4v) is 2.29. The maximum Gasteiger partial charge on any atom is 0.152 e. The molecule has 5 heteroatoms. The minimum Gasteiger partial charge on any atom is -0.326 e. The number of hydrogen-bond acceptors (Lipinski definition) is 3. The van der Waals surface area contributed by atoms with Crippen LogP contribution in [0.5, 0.6) is 0 Å². The first-order valence-corrected chi connectivity index (χ1v) is 6.62. The topological polar surface area (TPSA) is 52.7 Å². The second-order valence-electron chi connectivity index (χ2n) is 5.09. The van der Waals surface area contributed by atoms with Crippen molar-refractivity contribution in [2.75, 3.05) is 0 Å². The summed E-state index contributed by atoms with van der Waals surface area (Å²) < 4.78 is 3.89. The highest BCUT2D eigenvalue weighted by Crippen LogP contribution is 2.18. The fraction of sp³-hybridized carbons (Fsp3) is 0.267. The Morgan fingerprint density at radius 3 is 2.90 bits per heavy atom. The van der Waals surface area contributed by atoms with Crippen molar-refractivity contribution in [3.05, 3.63) is 48.0 Å². The molecule has 20 heavy (non-hydrogen) atoms. The lowest BCUT2D eigenvalue weighted by molar-refractivity contribution is 0.112. The summed E-state index contributed by atoms with van der Waals surface area (Å²) >= 11 is 0. The molecule has 3 heterocycles. The molecule has 0 bridgehead atoms. The van der Waals surface area contributed by atoms with E-state index in [1.165, 1.54) is 0 Å². The lowest BCUT2D eigenvalue weighted by Crippen LogP contribution is -2.04. The summed E-state index contributed by atoms with van der Waals surface area (Å²) in [5.74, 6) is 0. The molecule has 0 N–H and O–H groups in total. The largest absolute Gasteiger partial charge is 0.326 e. The van der Waals surface area contributed by atoms with Gasteiger partial charge in [-0.05, 0) is 32.0 Å². The van der Waals surface area contributed by atoms with Gasteiger partial charge in [-0.1, -0.05) is 0 Å². The molecule has 0 saturated heterocycles. The summed E-state index contributed by atoms with van der Waals surface area (Å²) in [5.41, 5.74) is 2.43. The van der Waals surface area contributed by atoms with Crippen molar-refractivity contribution in [1.82, 2.24) is 19.3 Å². The van der Waals surface area contributed by atoms with Crippen LogP contribution >= 0.6 is 0 Å². The first-order chi connectivity index (χ1) is 9.69. The molecule has 0 atom stereocenters. The van der Waals surface area contributed by atoms with Crippen molar-refractivity contribution in [2.24, 2.45) is 0 Å². The highest BCUT2D eigenvalue weighted by Gasteiger charge is 2.10. The number of nitrogens with zero attached hydrogens (tertiary/aromatic N) is 4. The van der Waals surface area contributed by atoms with Gasteiger partial charge in [0, 0.05) is 35.6 Å². The van der Waals surface area contributed by atoms with E-state index >= 15 is 0 Å². The van der Waals surface area contributed by atoms with Gasteiger partial charge in [-0.2, -0.15) is 5.10 Å². The molecule has 3 aromatic heterocycles. The molecule has 0 unspecified atom stereocenters. The fourth-order valence-electron chi connectivity index (χ4n) is 2.29. The van der Waals surface area contributed by atoms with E-state index < -0.39 is 0 Å². The third-order valence-electron chi connectivity index (χ3n) is 3.32. The monoisotopic (exact) mass is 268 g/mol. The second-order valence-corrected chi connectivity index (χ2v) is 5.09. The van der Waals surface area contributed by atoms with E-state index in [0.717, 1.165) is 23.0 Å². The molecule has 5 nitrogen and oxygen atoms in total. The maximum absolute atomic E-state index is 11.1. The number of pyridine rings is 1. The van der Waals surface area contributed by atoms with Gasteiger partial charge in [0.1, 0.15) is 5.65 Å². The van der Waals surface area contributed by atoms with Crippen molar-refractivity contribution in [3.8, 4) is 0 Å².